The van der Waals surface area contributed by atoms with Crippen LogP contribution in [0.3, 0.4) is 0 Å². The second kappa shape index (κ2) is 5.32. The summed E-state index contributed by atoms with van der Waals surface area (Å²) in [5.74, 6) is 0. The molecule has 3 nitrogen and oxygen atoms in total. The van der Waals surface area contributed by atoms with Gasteiger partial charge in [-0.25, -0.2) is 0 Å². The van der Waals surface area contributed by atoms with E-state index in [-0.39, 0.29) is 6.23 Å². The Hall–Kier alpha value is -1.06. The quantitative estimate of drug-likeness (QED) is 0.841. The van der Waals surface area contributed by atoms with Crippen molar-refractivity contribution in [1.29, 1.82) is 0 Å². The average Bonchev–Trinajstić information content (AvgIpc) is 2.85. The Kier molecular flexibility index (Phi) is 3.80. The fourth-order valence-corrected chi connectivity index (χ4v) is 2.09. The van der Waals surface area contributed by atoms with Gasteiger partial charge >= 0.3 is 0 Å². The van der Waals surface area contributed by atoms with Crippen LogP contribution in [0.2, 0.25) is 0 Å². The van der Waals surface area contributed by atoms with Gasteiger partial charge in [0, 0.05) is 25.3 Å². The SMILES string of the molecule is CCN(CC)c1ccc([C@@H]2NCCO2)cc1. The summed E-state index contributed by atoms with van der Waals surface area (Å²) in [5.41, 5.74) is 2.50. The first-order valence-electron chi connectivity index (χ1n) is 6.05. The molecule has 1 fully saturated rings. The minimum Gasteiger partial charge on any atom is -0.372 e. The Morgan fingerprint density at radius 1 is 1.25 bits per heavy atom. The molecule has 16 heavy (non-hydrogen) atoms. The van der Waals surface area contributed by atoms with Crippen LogP contribution in [0.15, 0.2) is 24.3 Å². The number of rotatable bonds is 4. The molecule has 0 spiro atoms. The van der Waals surface area contributed by atoms with Crippen LogP contribution >= 0.6 is 0 Å². The zero-order valence-corrected chi connectivity index (χ0v) is 10.1. The summed E-state index contributed by atoms with van der Waals surface area (Å²) in [6.45, 7) is 8.21. The first-order valence-corrected chi connectivity index (χ1v) is 6.05. The maximum Gasteiger partial charge on any atom is 0.134 e. The van der Waals surface area contributed by atoms with Gasteiger partial charge in [-0.05, 0) is 31.5 Å². The van der Waals surface area contributed by atoms with E-state index in [4.69, 9.17) is 4.74 Å². The van der Waals surface area contributed by atoms with Crippen molar-refractivity contribution < 1.29 is 4.74 Å². The van der Waals surface area contributed by atoms with E-state index in [1.165, 1.54) is 11.3 Å². The Labute approximate surface area is 97.4 Å². The Morgan fingerprint density at radius 3 is 2.44 bits per heavy atom. The highest BCUT2D eigenvalue weighted by Gasteiger charge is 2.16. The van der Waals surface area contributed by atoms with Gasteiger partial charge in [-0.15, -0.1) is 0 Å². The Balaban J connectivity index is 2.09. The molecule has 1 atom stereocenters. The summed E-state index contributed by atoms with van der Waals surface area (Å²) in [4.78, 5) is 2.34. The number of nitrogens with one attached hydrogen (secondary N) is 1. The van der Waals surface area contributed by atoms with Gasteiger partial charge in [0.2, 0.25) is 0 Å². The number of anilines is 1. The number of benzene rings is 1. The lowest BCUT2D eigenvalue weighted by atomic mass is 10.1. The van der Waals surface area contributed by atoms with Crippen molar-refractivity contribution in [1.82, 2.24) is 5.32 Å². The second-order valence-electron chi connectivity index (χ2n) is 3.97. The highest BCUT2D eigenvalue weighted by molar-refractivity contribution is 5.47. The van der Waals surface area contributed by atoms with E-state index >= 15 is 0 Å². The molecule has 0 unspecified atom stereocenters. The van der Waals surface area contributed by atoms with E-state index in [2.05, 4.69) is 48.3 Å². The van der Waals surface area contributed by atoms with E-state index in [0.717, 1.165) is 26.2 Å². The molecule has 1 heterocycles. The molecule has 88 valence electrons. The van der Waals surface area contributed by atoms with Crippen molar-refractivity contribution in [3.63, 3.8) is 0 Å². The summed E-state index contributed by atoms with van der Waals surface area (Å²) in [7, 11) is 0. The molecule has 0 saturated carbocycles. The molecule has 1 aliphatic heterocycles. The molecule has 0 aliphatic carbocycles. The van der Waals surface area contributed by atoms with Crippen LogP contribution in [0.1, 0.15) is 25.6 Å². The monoisotopic (exact) mass is 220 g/mol. The summed E-state index contributed by atoms with van der Waals surface area (Å²) >= 11 is 0. The molecule has 3 heteroatoms. The fourth-order valence-electron chi connectivity index (χ4n) is 2.09. The van der Waals surface area contributed by atoms with Gasteiger partial charge in [-0.1, -0.05) is 12.1 Å². The van der Waals surface area contributed by atoms with Crippen molar-refractivity contribution in [3.05, 3.63) is 29.8 Å². The molecule has 1 aromatic carbocycles. The van der Waals surface area contributed by atoms with Crippen molar-refractivity contribution >= 4 is 5.69 Å². The maximum atomic E-state index is 5.57. The average molecular weight is 220 g/mol. The highest BCUT2D eigenvalue weighted by Crippen LogP contribution is 2.21. The van der Waals surface area contributed by atoms with Gasteiger partial charge in [-0.2, -0.15) is 0 Å². The number of nitrogens with zero attached hydrogens (tertiary/aromatic N) is 1. The van der Waals surface area contributed by atoms with Gasteiger partial charge < -0.3 is 9.64 Å². The predicted octanol–water partition coefficient (Wildman–Crippen LogP) is 2.15. The van der Waals surface area contributed by atoms with E-state index in [9.17, 15) is 0 Å². The lowest BCUT2D eigenvalue weighted by Gasteiger charge is -2.21. The van der Waals surface area contributed by atoms with Crippen molar-refractivity contribution in [2.45, 2.75) is 20.1 Å². The van der Waals surface area contributed by atoms with Gasteiger partial charge in [-0.3, -0.25) is 5.32 Å². The predicted molar refractivity (Wildman–Crippen MR) is 66.7 cm³/mol. The van der Waals surface area contributed by atoms with E-state index in [1.807, 2.05) is 0 Å². The molecular formula is C13H20N2O. The first kappa shape index (κ1) is 11.4. The highest BCUT2D eigenvalue weighted by atomic mass is 16.5. The van der Waals surface area contributed by atoms with Gasteiger partial charge in [0.15, 0.2) is 0 Å². The normalized spacial score (nSPS) is 20.0. The van der Waals surface area contributed by atoms with Crippen molar-refractivity contribution in [3.8, 4) is 0 Å². The summed E-state index contributed by atoms with van der Waals surface area (Å²) in [5, 5.41) is 3.31. The Bertz CT molecular complexity index is 292. The molecule has 0 radical (unpaired) electrons. The Morgan fingerprint density at radius 2 is 1.94 bits per heavy atom. The lowest BCUT2D eigenvalue weighted by Crippen LogP contribution is -2.21. The van der Waals surface area contributed by atoms with E-state index < -0.39 is 0 Å². The third-order valence-electron chi connectivity index (χ3n) is 3.04. The minimum absolute atomic E-state index is 0.0887. The molecule has 0 aromatic heterocycles. The number of hydrogen-bond donors (Lipinski definition) is 1. The van der Waals surface area contributed by atoms with E-state index in [0.29, 0.717) is 0 Å². The zero-order chi connectivity index (χ0) is 11.4. The maximum absolute atomic E-state index is 5.57. The lowest BCUT2D eigenvalue weighted by molar-refractivity contribution is 0.102. The second-order valence-corrected chi connectivity index (χ2v) is 3.97. The summed E-state index contributed by atoms with van der Waals surface area (Å²) in [6, 6.07) is 8.64. The molecule has 1 N–H and O–H groups in total. The van der Waals surface area contributed by atoms with Crippen LogP contribution in [0.4, 0.5) is 5.69 Å². The van der Waals surface area contributed by atoms with Crippen LogP contribution in [0, 0.1) is 0 Å². The topological polar surface area (TPSA) is 24.5 Å². The standard InChI is InChI=1S/C13H20N2O/c1-3-15(4-2)12-7-5-11(6-8-12)13-14-9-10-16-13/h5-8,13-14H,3-4,9-10H2,1-2H3/t13-/m1/s1. The first-order chi connectivity index (χ1) is 7.85. The molecule has 1 aliphatic rings. The number of hydrogen-bond acceptors (Lipinski definition) is 3. The van der Waals surface area contributed by atoms with Crippen LogP contribution in [-0.4, -0.2) is 26.2 Å². The molecular weight excluding hydrogens is 200 g/mol. The van der Waals surface area contributed by atoms with Crippen LogP contribution < -0.4 is 10.2 Å². The van der Waals surface area contributed by atoms with E-state index in [1.54, 1.807) is 0 Å². The third kappa shape index (κ3) is 2.36. The largest absolute Gasteiger partial charge is 0.372 e. The van der Waals surface area contributed by atoms with Crippen molar-refractivity contribution in [2.75, 3.05) is 31.1 Å². The molecule has 0 bridgehead atoms. The summed E-state index contributed by atoms with van der Waals surface area (Å²) < 4.78 is 5.57. The van der Waals surface area contributed by atoms with Gasteiger partial charge in [0.1, 0.15) is 6.23 Å². The zero-order valence-electron chi connectivity index (χ0n) is 10.1. The molecule has 0 amide bonds. The minimum atomic E-state index is 0.0887. The summed E-state index contributed by atoms with van der Waals surface area (Å²) in [6.07, 6.45) is 0.0887. The van der Waals surface area contributed by atoms with Crippen LogP contribution in [0.25, 0.3) is 0 Å². The smallest absolute Gasteiger partial charge is 0.134 e. The fraction of sp³-hybridized carbons (Fsp3) is 0.538. The molecule has 1 saturated heterocycles. The van der Waals surface area contributed by atoms with Crippen LogP contribution in [-0.2, 0) is 4.74 Å². The van der Waals surface area contributed by atoms with Gasteiger partial charge in [0.25, 0.3) is 0 Å². The van der Waals surface area contributed by atoms with Gasteiger partial charge in [0.05, 0.1) is 6.61 Å². The molecule has 1 aromatic rings. The molecule has 2 rings (SSSR count). The number of ether oxygens (including phenoxy) is 1. The van der Waals surface area contributed by atoms with Crippen molar-refractivity contribution in [2.24, 2.45) is 0 Å². The third-order valence-corrected chi connectivity index (χ3v) is 3.04. The van der Waals surface area contributed by atoms with Crippen LogP contribution in [0.5, 0.6) is 0 Å².